The highest BCUT2D eigenvalue weighted by Crippen LogP contribution is 2.19. The van der Waals surface area contributed by atoms with Crippen molar-refractivity contribution in [2.75, 3.05) is 0 Å². The molecule has 0 amide bonds. The Kier molecular flexibility index (Phi) is 2.90. The summed E-state index contributed by atoms with van der Waals surface area (Å²) in [5, 5.41) is 4.98. The van der Waals surface area contributed by atoms with Gasteiger partial charge in [-0.05, 0) is 26.1 Å². The molecule has 0 saturated heterocycles. The van der Waals surface area contributed by atoms with E-state index in [0.29, 0.717) is 16.3 Å². The van der Waals surface area contributed by atoms with Crippen molar-refractivity contribution in [3.05, 3.63) is 22.1 Å². The van der Waals surface area contributed by atoms with Crippen molar-refractivity contribution in [3.63, 3.8) is 0 Å². The monoisotopic (exact) mass is 256 g/mol. The molecule has 0 atom stereocenters. The average Bonchev–Trinajstić information content (AvgIpc) is 2.67. The fourth-order valence-electron chi connectivity index (χ4n) is 1.80. The van der Waals surface area contributed by atoms with Gasteiger partial charge in [-0.15, -0.1) is 0 Å². The van der Waals surface area contributed by atoms with Gasteiger partial charge in [-0.3, -0.25) is 4.57 Å². The van der Waals surface area contributed by atoms with Crippen molar-refractivity contribution >= 4 is 35.0 Å². The quantitative estimate of drug-likeness (QED) is 0.858. The molecule has 2 rings (SSSR count). The van der Waals surface area contributed by atoms with Crippen LogP contribution in [-0.4, -0.2) is 19.3 Å². The van der Waals surface area contributed by atoms with Crippen LogP contribution in [0.25, 0.3) is 11.2 Å². The first kappa shape index (κ1) is 11.4. The van der Waals surface area contributed by atoms with Crippen LogP contribution < -0.4 is 0 Å². The van der Waals surface area contributed by atoms with Gasteiger partial charge in [-0.25, -0.2) is 4.68 Å². The van der Waals surface area contributed by atoms with Crippen molar-refractivity contribution in [1.29, 1.82) is 0 Å². The Labute approximate surface area is 104 Å². The SMILES string of the molecule is C=C(Cl)Cn1c(=S)[nH]c2c(C)nn(CC)c21. The Balaban J connectivity index is 2.75. The molecule has 86 valence electrons. The summed E-state index contributed by atoms with van der Waals surface area (Å²) in [6.45, 7) is 9.00. The molecule has 2 heterocycles. The van der Waals surface area contributed by atoms with Crippen molar-refractivity contribution < 1.29 is 0 Å². The molecule has 16 heavy (non-hydrogen) atoms. The Bertz CT molecular complexity index is 604. The van der Waals surface area contributed by atoms with Gasteiger partial charge in [0, 0.05) is 11.6 Å². The molecule has 4 nitrogen and oxygen atoms in total. The van der Waals surface area contributed by atoms with Crippen molar-refractivity contribution in [2.45, 2.75) is 26.9 Å². The highest BCUT2D eigenvalue weighted by Gasteiger charge is 2.13. The van der Waals surface area contributed by atoms with E-state index >= 15 is 0 Å². The third-order valence-corrected chi connectivity index (χ3v) is 2.90. The molecule has 2 aromatic rings. The third kappa shape index (κ3) is 1.70. The first-order chi connectivity index (χ1) is 7.54. The number of H-pyrrole nitrogens is 1. The number of aromatic nitrogens is 4. The molecule has 6 heteroatoms. The molecule has 0 aromatic carbocycles. The lowest BCUT2D eigenvalue weighted by Gasteiger charge is -2.04. The summed E-state index contributed by atoms with van der Waals surface area (Å²) in [5.41, 5.74) is 2.90. The molecule has 0 unspecified atom stereocenters. The Morgan fingerprint density at radius 3 is 2.88 bits per heavy atom. The van der Waals surface area contributed by atoms with Crippen molar-refractivity contribution in [3.8, 4) is 0 Å². The lowest BCUT2D eigenvalue weighted by Crippen LogP contribution is -2.05. The fourth-order valence-corrected chi connectivity index (χ4v) is 2.17. The number of allylic oxidation sites excluding steroid dienone is 1. The summed E-state index contributed by atoms with van der Waals surface area (Å²) < 4.78 is 4.49. The molecule has 0 fully saturated rings. The smallest absolute Gasteiger partial charge is 0.179 e. The minimum atomic E-state index is 0.505. The van der Waals surface area contributed by atoms with E-state index < -0.39 is 0 Å². The van der Waals surface area contributed by atoms with Gasteiger partial charge in [0.2, 0.25) is 0 Å². The first-order valence-corrected chi connectivity index (χ1v) is 5.82. The van der Waals surface area contributed by atoms with E-state index in [1.807, 2.05) is 23.1 Å². The predicted octanol–water partition coefficient (Wildman–Crippen LogP) is 2.98. The van der Waals surface area contributed by atoms with Crippen LogP contribution in [0.5, 0.6) is 0 Å². The number of imidazole rings is 1. The van der Waals surface area contributed by atoms with Crippen LogP contribution in [0.1, 0.15) is 12.6 Å². The van der Waals surface area contributed by atoms with Gasteiger partial charge in [-0.1, -0.05) is 18.2 Å². The van der Waals surface area contributed by atoms with Gasteiger partial charge in [0.1, 0.15) is 5.52 Å². The second kappa shape index (κ2) is 4.07. The number of nitrogens with zero attached hydrogens (tertiary/aromatic N) is 3. The van der Waals surface area contributed by atoms with E-state index in [2.05, 4.69) is 16.7 Å². The zero-order valence-electron chi connectivity index (χ0n) is 9.25. The zero-order valence-corrected chi connectivity index (χ0v) is 10.8. The van der Waals surface area contributed by atoms with E-state index in [0.717, 1.165) is 23.4 Å². The van der Waals surface area contributed by atoms with E-state index in [9.17, 15) is 0 Å². The number of aryl methyl sites for hydroxylation is 2. The molecule has 2 aromatic heterocycles. The number of nitrogens with one attached hydrogen (secondary N) is 1. The van der Waals surface area contributed by atoms with Crippen molar-refractivity contribution in [2.24, 2.45) is 0 Å². The summed E-state index contributed by atoms with van der Waals surface area (Å²) in [4.78, 5) is 3.15. The standard InChI is InChI=1S/C10H13ClN4S/c1-4-15-9-8(7(3)13-15)12-10(16)14(9)5-6(2)11/h2,4-5H2,1,3H3,(H,12,16). The Hall–Kier alpha value is -1.07. The largest absolute Gasteiger partial charge is 0.328 e. The van der Waals surface area contributed by atoms with Gasteiger partial charge < -0.3 is 4.98 Å². The Morgan fingerprint density at radius 2 is 2.31 bits per heavy atom. The summed E-state index contributed by atoms with van der Waals surface area (Å²) in [7, 11) is 0. The number of rotatable bonds is 3. The summed E-state index contributed by atoms with van der Waals surface area (Å²) >= 11 is 11.1. The summed E-state index contributed by atoms with van der Waals surface area (Å²) in [6, 6.07) is 0. The number of halogens is 1. The molecular formula is C10H13ClN4S. The topological polar surface area (TPSA) is 38.5 Å². The first-order valence-electron chi connectivity index (χ1n) is 5.03. The minimum Gasteiger partial charge on any atom is -0.328 e. The van der Waals surface area contributed by atoms with Crippen LogP contribution in [-0.2, 0) is 13.1 Å². The van der Waals surface area contributed by atoms with Gasteiger partial charge in [0.25, 0.3) is 0 Å². The molecular weight excluding hydrogens is 244 g/mol. The maximum atomic E-state index is 5.84. The highest BCUT2D eigenvalue weighted by atomic mass is 35.5. The highest BCUT2D eigenvalue weighted by molar-refractivity contribution is 7.71. The normalized spacial score (nSPS) is 11.2. The summed E-state index contributed by atoms with van der Waals surface area (Å²) in [5.74, 6) is 0. The molecule has 1 N–H and O–H groups in total. The number of fused-ring (bicyclic) bond motifs is 1. The van der Waals surface area contributed by atoms with Gasteiger partial charge in [-0.2, -0.15) is 5.10 Å². The van der Waals surface area contributed by atoms with Crippen LogP contribution in [0.15, 0.2) is 11.6 Å². The predicted molar refractivity (Wildman–Crippen MR) is 68.3 cm³/mol. The fraction of sp³-hybridized carbons (Fsp3) is 0.400. The maximum Gasteiger partial charge on any atom is 0.179 e. The number of hydrogen-bond donors (Lipinski definition) is 1. The van der Waals surface area contributed by atoms with Crippen molar-refractivity contribution in [1.82, 2.24) is 19.3 Å². The molecule has 0 aliphatic heterocycles. The molecule has 0 radical (unpaired) electrons. The maximum absolute atomic E-state index is 5.84. The van der Waals surface area contributed by atoms with Crippen LogP contribution in [0, 0.1) is 11.7 Å². The average molecular weight is 257 g/mol. The van der Waals surface area contributed by atoms with E-state index in [1.54, 1.807) is 0 Å². The lowest BCUT2D eigenvalue weighted by atomic mass is 10.4. The van der Waals surface area contributed by atoms with Crippen LogP contribution in [0.2, 0.25) is 0 Å². The van der Waals surface area contributed by atoms with E-state index in [-0.39, 0.29) is 0 Å². The molecule has 0 aliphatic carbocycles. The van der Waals surface area contributed by atoms with Crippen LogP contribution in [0.3, 0.4) is 0 Å². The van der Waals surface area contributed by atoms with E-state index in [4.69, 9.17) is 23.8 Å². The number of hydrogen-bond acceptors (Lipinski definition) is 2. The molecule has 0 aliphatic rings. The van der Waals surface area contributed by atoms with E-state index in [1.165, 1.54) is 0 Å². The molecule has 0 bridgehead atoms. The Morgan fingerprint density at radius 1 is 1.62 bits per heavy atom. The molecule has 0 spiro atoms. The number of aromatic amines is 1. The van der Waals surface area contributed by atoms with Crippen LogP contribution in [0.4, 0.5) is 0 Å². The second-order valence-electron chi connectivity index (χ2n) is 3.63. The van der Waals surface area contributed by atoms with Crippen LogP contribution >= 0.6 is 23.8 Å². The van der Waals surface area contributed by atoms with Gasteiger partial charge in [0.05, 0.1) is 12.2 Å². The lowest BCUT2D eigenvalue weighted by molar-refractivity contribution is 0.645. The van der Waals surface area contributed by atoms with Gasteiger partial charge >= 0.3 is 0 Å². The zero-order chi connectivity index (χ0) is 11.9. The minimum absolute atomic E-state index is 0.505. The second-order valence-corrected chi connectivity index (χ2v) is 4.55. The third-order valence-electron chi connectivity index (χ3n) is 2.46. The summed E-state index contributed by atoms with van der Waals surface area (Å²) in [6.07, 6.45) is 0. The molecule has 0 saturated carbocycles. The van der Waals surface area contributed by atoms with Gasteiger partial charge in [0.15, 0.2) is 10.4 Å².